The number of rotatable bonds is 3. The minimum Gasteiger partial charge on any atom is -0.349 e. The van der Waals surface area contributed by atoms with Gasteiger partial charge in [0.15, 0.2) is 0 Å². The smallest absolute Gasteiger partial charge is 0.246 e. The van der Waals surface area contributed by atoms with Crippen molar-refractivity contribution in [2.45, 2.75) is 17.7 Å². The van der Waals surface area contributed by atoms with Crippen LogP contribution in [-0.2, 0) is 14.8 Å². The zero-order valence-electron chi connectivity index (χ0n) is 11.0. The van der Waals surface area contributed by atoms with Gasteiger partial charge >= 0.3 is 0 Å². The van der Waals surface area contributed by atoms with E-state index in [1.807, 2.05) is 0 Å². The van der Waals surface area contributed by atoms with Crippen LogP contribution in [0.1, 0.15) is 12.8 Å². The first-order valence-electron chi connectivity index (χ1n) is 6.13. The lowest BCUT2D eigenvalue weighted by atomic mass is 9.98. The summed E-state index contributed by atoms with van der Waals surface area (Å²) in [4.78, 5) is 13.6. The number of carbonyl (C=O) groups is 1. The third kappa shape index (κ3) is 2.79. The molecule has 0 spiro atoms. The molecule has 1 N–H and O–H groups in total. The fourth-order valence-corrected chi connectivity index (χ4v) is 3.69. The van der Waals surface area contributed by atoms with E-state index in [1.54, 1.807) is 14.1 Å². The van der Waals surface area contributed by atoms with Gasteiger partial charge in [0.25, 0.3) is 0 Å². The maximum absolute atomic E-state index is 12.3. The van der Waals surface area contributed by atoms with Crippen LogP contribution in [0.5, 0.6) is 0 Å². The summed E-state index contributed by atoms with van der Waals surface area (Å²) in [7, 11) is -0.169. The first kappa shape index (κ1) is 14.0. The predicted molar refractivity (Wildman–Crippen MR) is 68.8 cm³/mol. The Bertz CT molecular complexity index is 538. The van der Waals surface area contributed by atoms with Gasteiger partial charge in [0.2, 0.25) is 15.9 Å². The first-order chi connectivity index (χ1) is 8.93. The number of carbonyl (C=O) groups excluding carboxylic acids is 1. The van der Waals surface area contributed by atoms with Crippen LogP contribution in [0.25, 0.3) is 0 Å². The number of aromatic amines is 1. The summed E-state index contributed by atoms with van der Waals surface area (Å²) in [6.45, 7) is 0.690. The van der Waals surface area contributed by atoms with E-state index in [4.69, 9.17) is 0 Å². The molecule has 2 rings (SSSR count). The van der Waals surface area contributed by atoms with E-state index in [-0.39, 0.29) is 23.3 Å². The molecule has 1 fully saturated rings. The number of nitrogens with one attached hydrogen (secondary N) is 1. The predicted octanol–water partition coefficient (Wildman–Crippen LogP) is -0.101. The van der Waals surface area contributed by atoms with E-state index in [2.05, 4.69) is 10.2 Å². The molecule has 2 heterocycles. The molecular formula is C11H18N4O3S. The van der Waals surface area contributed by atoms with Crippen molar-refractivity contribution in [1.29, 1.82) is 0 Å². The van der Waals surface area contributed by atoms with Crippen molar-refractivity contribution in [3.63, 3.8) is 0 Å². The lowest BCUT2D eigenvalue weighted by Crippen LogP contribution is -2.45. The normalized spacial score (nSPS) is 21.3. The quantitative estimate of drug-likeness (QED) is 0.840. The molecule has 0 bridgehead atoms. The topological polar surface area (TPSA) is 86.4 Å². The summed E-state index contributed by atoms with van der Waals surface area (Å²) >= 11 is 0. The molecule has 1 amide bonds. The van der Waals surface area contributed by atoms with Gasteiger partial charge in [0.05, 0.1) is 12.1 Å². The summed E-state index contributed by atoms with van der Waals surface area (Å²) in [6, 6.07) is 0. The van der Waals surface area contributed by atoms with Gasteiger partial charge in [-0.15, -0.1) is 0 Å². The number of nitrogens with zero attached hydrogens (tertiary/aromatic N) is 3. The molecule has 1 aromatic rings. The highest BCUT2D eigenvalue weighted by Crippen LogP contribution is 2.23. The van der Waals surface area contributed by atoms with Crippen molar-refractivity contribution in [3.05, 3.63) is 12.4 Å². The number of H-pyrrole nitrogens is 1. The molecule has 7 nitrogen and oxygen atoms in total. The second-order valence-corrected chi connectivity index (χ2v) is 6.81. The van der Waals surface area contributed by atoms with E-state index >= 15 is 0 Å². The van der Waals surface area contributed by atoms with E-state index in [0.717, 1.165) is 6.42 Å². The highest BCUT2D eigenvalue weighted by molar-refractivity contribution is 7.89. The number of piperidine rings is 1. The molecule has 1 aromatic heterocycles. The maximum Gasteiger partial charge on any atom is 0.246 e. The summed E-state index contributed by atoms with van der Waals surface area (Å²) in [5.74, 6) is -0.280. The fourth-order valence-electron chi connectivity index (χ4n) is 2.26. The number of hydrogen-bond donors (Lipinski definition) is 1. The Hall–Kier alpha value is -1.41. The van der Waals surface area contributed by atoms with Gasteiger partial charge in [0.1, 0.15) is 4.90 Å². The van der Waals surface area contributed by atoms with Crippen LogP contribution in [0, 0.1) is 5.92 Å². The Kier molecular flexibility index (Phi) is 3.91. The van der Waals surface area contributed by atoms with Gasteiger partial charge in [-0.3, -0.25) is 9.89 Å². The average Bonchev–Trinajstić information content (AvgIpc) is 2.92. The Balaban J connectivity index is 2.16. The summed E-state index contributed by atoms with van der Waals surface area (Å²) in [6.07, 6.45) is 4.06. The molecule has 1 unspecified atom stereocenters. The van der Waals surface area contributed by atoms with Gasteiger partial charge in [0, 0.05) is 33.4 Å². The number of amides is 1. The van der Waals surface area contributed by atoms with E-state index in [9.17, 15) is 13.2 Å². The van der Waals surface area contributed by atoms with Gasteiger partial charge in [-0.05, 0) is 12.8 Å². The molecule has 19 heavy (non-hydrogen) atoms. The van der Waals surface area contributed by atoms with E-state index in [1.165, 1.54) is 21.6 Å². The van der Waals surface area contributed by atoms with E-state index in [0.29, 0.717) is 13.0 Å². The maximum atomic E-state index is 12.3. The van der Waals surface area contributed by atoms with Gasteiger partial charge < -0.3 is 4.90 Å². The average molecular weight is 286 g/mol. The fraction of sp³-hybridized carbons (Fsp3) is 0.636. The van der Waals surface area contributed by atoms with Crippen LogP contribution in [0.2, 0.25) is 0 Å². The second kappa shape index (κ2) is 5.30. The molecule has 0 saturated carbocycles. The van der Waals surface area contributed by atoms with Gasteiger partial charge in [-0.1, -0.05) is 0 Å². The lowest BCUT2D eigenvalue weighted by Gasteiger charge is -2.32. The first-order valence-corrected chi connectivity index (χ1v) is 7.57. The Labute approximate surface area is 112 Å². The molecule has 1 aliphatic heterocycles. The molecule has 1 saturated heterocycles. The third-order valence-corrected chi connectivity index (χ3v) is 5.12. The zero-order chi connectivity index (χ0) is 14.0. The van der Waals surface area contributed by atoms with Crippen molar-refractivity contribution in [2.75, 3.05) is 27.2 Å². The van der Waals surface area contributed by atoms with Crippen molar-refractivity contribution in [3.8, 4) is 0 Å². The molecular weight excluding hydrogens is 268 g/mol. The monoisotopic (exact) mass is 286 g/mol. The van der Waals surface area contributed by atoms with Crippen molar-refractivity contribution in [2.24, 2.45) is 5.92 Å². The molecule has 106 valence electrons. The molecule has 0 radical (unpaired) electrons. The Morgan fingerprint density at radius 1 is 1.53 bits per heavy atom. The van der Waals surface area contributed by atoms with Gasteiger partial charge in [-0.25, -0.2) is 8.42 Å². The Morgan fingerprint density at radius 2 is 2.26 bits per heavy atom. The molecule has 1 atom stereocenters. The molecule has 8 heteroatoms. The lowest BCUT2D eigenvalue weighted by molar-refractivity contribution is -0.134. The number of aromatic nitrogens is 2. The van der Waals surface area contributed by atoms with Crippen molar-refractivity contribution in [1.82, 2.24) is 19.4 Å². The summed E-state index contributed by atoms with van der Waals surface area (Å²) in [5, 5.41) is 6.16. The highest BCUT2D eigenvalue weighted by atomic mass is 32.2. The summed E-state index contributed by atoms with van der Waals surface area (Å²) < 4.78 is 26.0. The standard InChI is InChI=1S/C11H18N4O3S/c1-14(2)11(16)9-4-3-5-15(8-9)19(17,18)10-6-12-13-7-10/h6-7,9H,3-5,8H2,1-2H3,(H,12,13). The third-order valence-electron chi connectivity index (χ3n) is 3.29. The molecule has 1 aliphatic rings. The van der Waals surface area contributed by atoms with Crippen LogP contribution in [0.15, 0.2) is 17.3 Å². The van der Waals surface area contributed by atoms with Crippen LogP contribution in [0.3, 0.4) is 0 Å². The second-order valence-electron chi connectivity index (χ2n) is 4.87. The largest absolute Gasteiger partial charge is 0.349 e. The summed E-state index contributed by atoms with van der Waals surface area (Å²) in [5.41, 5.74) is 0. The van der Waals surface area contributed by atoms with E-state index < -0.39 is 10.0 Å². The van der Waals surface area contributed by atoms with Crippen molar-refractivity contribution < 1.29 is 13.2 Å². The minimum atomic E-state index is -3.54. The number of sulfonamides is 1. The SMILES string of the molecule is CN(C)C(=O)C1CCCN(S(=O)(=O)c2cn[nH]c2)C1. The van der Waals surface area contributed by atoms with Crippen LogP contribution in [-0.4, -0.2) is 60.9 Å². The highest BCUT2D eigenvalue weighted by Gasteiger charge is 2.34. The minimum absolute atomic E-state index is 0.0212. The van der Waals surface area contributed by atoms with Crippen LogP contribution >= 0.6 is 0 Å². The zero-order valence-corrected chi connectivity index (χ0v) is 11.9. The molecule has 0 aliphatic carbocycles. The van der Waals surface area contributed by atoms with Gasteiger partial charge in [-0.2, -0.15) is 9.40 Å². The molecule has 0 aromatic carbocycles. The Morgan fingerprint density at radius 3 is 2.84 bits per heavy atom. The van der Waals surface area contributed by atoms with Crippen LogP contribution in [0.4, 0.5) is 0 Å². The van der Waals surface area contributed by atoms with Crippen LogP contribution < -0.4 is 0 Å². The number of hydrogen-bond acceptors (Lipinski definition) is 4. The van der Waals surface area contributed by atoms with Crippen molar-refractivity contribution >= 4 is 15.9 Å².